The highest BCUT2D eigenvalue weighted by Crippen LogP contribution is 2.26. The molecule has 2 atom stereocenters. The summed E-state index contributed by atoms with van der Waals surface area (Å²) >= 11 is 0. The topological polar surface area (TPSA) is 59.7 Å². The van der Waals surface area contributed by atoms with E-state index in [1.165, 1.54) is 0 Å². The number of pyridine rings is 1. The van der Waals surface area contributed by atoms with Crippen molar-refractivity contribution >= 4 is 11.7 Å². The molecule has 0 radical (unpaired) electrons. The number of aromatic nitrogens is 3. The standard InChI is InChI=1S/C16H22N4O2/c1-3-12(2)22-16(21)19-9-6-7-13(11-19)15-18-17-14-8-4-5-10-20(14)15/h4-5,8,10,12-13H,3,6-7,9,11H2,1-2H3. The number of carbonyl (C=O) groups is 1. The molecule has 1 saturated heterocycles. The number of hydrogen-bond acceptors (Lipinski definition) is 4. The number of nitrogens with zero attached hydrogens (tertiary/aromatic N) is 4. The largest absolute Gasteiger partial charge is 0.446 e. The van der Waals surface area contributed by atoms with Crippen LogP contribution in [-0.4, -0.2) is 44.8 Å². The second-order valence-corrected chi connectivity index (χ2v) is 5.87. The molecule has 3 rings (SSSR count). The van der Waals surface area contributed by atoms with Crippen LogP contribution in [0, 0.1) is 0 Å². The summed E-state index contributed by atoms with van der Waals surface area (Å²) in [5.41, 5.74) is 0.844. The second kappa shape index (κ2) is 6.34. The van der Waals surface area contributed by atoms with Crippen LogP contribution in [-0.2, 0) is 4.74 Å². The predicted octanol–water partition coefficient (Wildman–Crippen LogP) is 2.84. The Morgan fingerprint density at radius 3 is 3.14 bits per heavy atom. The number of hydrogen-bond donors (Lipinski definition) is 0. The Labute approximate surface area is 130 Å². The van der Waals surface area contributed by atoms with E-state index in [4.69, 9.17) is 4.74 Å². The Hall–Kier alpha value is -2.11. The van der Waals surface area contributed by atoms with E-state index in [1.807, 2.05) is 42.6 Å². The van der Waals surface area contributed by atoms with Crippen molar-refractivity contribution in [3.8, 4) is 0 Å². The molecule has 1 aliphatic heterocycles. The first-order chi connectivity index (χ1) is 10.7. The summed E-state index contributed by atoms with van der Waals surface area (Å²) in [4.78, 5) is 14.0. The SMILES string of the molecule is CCC(C)OC(=O)N1CCCC(c2nnc3ccccn23)C1. The van der Waals surface area contributed by atoms with Crippen molar-refractivity contribution in [3.05, 3.63) is 30.2 Å². The molecular weight excluding hydrogens is 280 g/mol. The molecular formula is C16H22N4O2. The maximum Gasteiger partial charge on any atom is 0.410 e. The molecule has 6 nitrogen and oxygen atoms in total. The molecule has 0 saturated carbocycles. The number of piperidine rings is 1. The summed E-state index contributed by atoms with van der Waals surface area (Å²) in [6, 6.07) is 5.86. The van der Waals surface area contributed by atoms with E-state index in [-0.39, 0.29) is 18.1 Å². The summed E-state index contributed by atoms with van der Waals surface area (Å²) in [6.07, 6.45) is 4.53. The number of fused-ring (bicyclic) bond motifs is 1. The van der Waals surface area contributed by atoms with Crippen molar-refractivity contribution in [2.75, 3.05) is 13.1 Å². The monoisotopic (exact) mass is 302 g/mol. The average molecular weight is 302 g/mol. The predicted molar refractivity (Wildman–Crippen MR) is 82.8 cm³/mol. The zero-order valence-electron chi connectivity index (χ0n) is 13.1. The first-order valence-electron chi connectivity index (χ1n) is 7.94. The minimum absolute atomic E-state index is 0.0400. The Morgan fingerprint density at radius 1 is 1.45 bits per heavy atom. The number of rotatable bonds is 3. The van der Waals surface area contributed by atoms with Gasteiger partial charge in [0.1, 0.15) is 11.9 Å². The molecule has 2 unspecified atom stereocenters. The van der Waals surface area contributed by atoms with Crippen molar-refractivity contribution in [2.45, 2.75) is 45.1 Å². The fourth-order valence-electron chi connectivity index (χ4n) is 2.82. The van der Waals surface area contributed by atoms with Crippen LogP contribution < -0.4 is 0 Å². The van der Waals surface area contributed by atoms with Gasteiger partial charge in [0.25, 0.3) is 0 Å². The maximum absolute atomic E-state index is 12.2. The molecule has 1 fully saturated rings. The molecule has 0 spiro atoms. The van der Waals surface area contributed by atoms with Crippen LogP contribution in [0.3, 0.4) is 0 Å². The van der Waals surface area contributed by atoms with Gasteiger partial charge in [0, 0.05) is 25.2 Å². The summed E-state index contributed by atoms with van der Waals surface area (Å²) in [5.74, 6) is 1.13. The molecule has 1 amide bonds. The summed E-state index contributed by atoms with van der Waals surface area (Å²) in [5, 5.41) is 8.53. The van der Waals surface area contributed by atoms with E-state index in [0.29, 0.717) is 6.54 Å². The van der Waals surface area contributed by atoms with Crippen molar-refractivity contribution < 1.29 is 9.53 Å². The Morgan fingerprint density at radius 2 is 2.32 bits per heavy atom. The lowest BCUT2D eigenvalue weighted by atomic mass is 9.97. The highest BCUT2D eigenvalue weighted by molar-refractivity contribution is 5.68. The fraction of sp³-hybridized carbons (Fsp3) is 0.562. The molecule has 118 valence electrons. The third kappa shape index (κ3) is 2.91. The number of amides is 1. The normalized spacial score (nSPS) is 20.1. The highest BCUT2D eigenvalue weighted by atomic mass is 16.6. The summed E-state index contributed by atoms with van der Waals surface area (Å²) < 4.78 is 7.44. The van der Waals surface area contributed by atoms with Crippen molar-refractivity contribution in [1.82, 2.24) is 19.5 Å². The lowest BCUT2D eigenvalue weighted by Crippen LogP contribution is -2.40. The van der Waals surface area contributed by atoms with Gasteiger partial charge in [-0.2, -0.15) is 0 Å². The third-order valence-corrected chi connectivity index (χ3v) is 4.26. The van der Waals surface area contributed by atoms with Gasteiger partial charge in [0.15, 0.2) is 5.65 Å². The van der Waals surface area contributed by atoms with Gasteiger partial charge in [-0.1, -0.05) is 13.0 Å². The van der Waals surface area contributed by atoms with Gasteiger partial charge >= 0.3 is 6.09 Å². The molecule has 22 heavy (non-hydrogen) atoms. The van der Waals surface area contributed by atoms with Crippen LogP contribution in [0.5, 0.6) is 0 Å². The minimum atomic E-state index is -0.215. The van der Waals surface area contributed by atoms with E-state index < -0.39 is 0 Å². The first-order valence-corrected chi connectivity index (χ1v) is 7.94. The van der Waals surface area contributed by atoms with Crippen LogP contribution in [0.25, 0.3) is 5.65 Å². The maximum atomic E-state index is 12.2. The lowest BCUT2D eigenvalue weighted by molar-refractivity contribution is 0.0600. The molecule has 2 aromatic heterocycles. The molecule has 0 aliphatic carbocycles. The summed E-state index contributed by atoms with van der Waals surface area (Å²) in [7, 11) is 0. The molecule has 2 aromatic rings. The van der Waals surface area contributed by atoms with E-state index in [2.05, 4.69) is 10.2 Å². The first kappa shape index (κ1) is 14.8. The van der Waals surface area contributed by atoms with Crippen molar-refractivity contribution in [2.24, 2.45) is 0 Å². The number of likely N-dealkylation sites (tertiary alicyclic amines) is 1. The molecule has 0 bridgehead atoms. The van der Waals surface area contributed by atoms with E-state index >= 15 is 0 Å². The number of ether oxygens (including phenoxy) is 1. The van der Waals surface area contributed by atoms with Gasteiger partial charge in [-0.3, -0.25) is 4.40 Å². The second-order valence-electron chi connectivity index (χ2n) is 5.87. The zero-order chi connectivity index (χ0) is 15.5. The van der Waals surface area contributed by atoms with Crippen LogP contribution >= 0.6 is 0 Å². The highest BCUT2D eigenvalue weighted by Gasteiger charge is 2.29. The van der Waals surface area contributed by atoms with Gasteiger partial charge in [0.2, 0.25) is 0 Å². The molecule has 1 aliphatic rings. The van der Waals surface area contributed by atoms with Crippen LogP contribution in [0.4, 0.5) is 4.79 Å². The van der Waals surface area contributed by atoms with E-state index in [1.54, 1.807) is 4.90 Å². The van der Waals surface area contributed by atoms with Crippen molar-refractivity contribution in [1.29, 1.82) is 0 Å². The Balaban J connectivity index is 1.74. The Bertz CT molecular complexity index is 654. The minimum Gasteiger partial charge on any atom is -0.446 e. The van der Waals surface area contributed by atoms with Crippen LogP contribution in [0.2, 0.25) is 0 Å². The van der Waals surface area contributed by atoms with Crippen LogP contribution in [0.15, 0.2) is 24.4 Å². The van der Waals surface area contributed by atoms with Gasteiger partial charge < -0.3 is 9.64 Å². The zero-order valence-corrected chi connectivity index (χ0v) is 13.1. The van der Waals surface area contributed by atoms with E-state index in [9.17, 15) is 4.79 Å². The van der Waals surface area contributed by atoms with Gasteiger partial charge in [0.05, 0.1) is 0 Å². The molecule has 3 heterocycles. The molecule has 6 heteroatoms. The Kier molecular flexibility index (Phi) is 4.27. The summed E-state index contributed by atoms with van der Waals surface area (Å²) in [6.45, 7) is 5.33. The fourth-order valence-corrected chi connectivity index (χ4v) is 2.82. The van der Waals surface area contributed by atoms with Gasteiger partial charge in [-0.05, 0) is 38.3 Å². The van der Waals surface area contributed by atoms with E-state index in [0.717, 1.165) is 37.3 Å². The smallest absolute Gasteiger partial charge is 0.410 e. The van der Waals surface area contributed by atoms with Crippen molar-refractivity contribution in [3.63, 3.8) is 0 Å². The molecule has 0 N–H and O–H groups in total. The van der Waals surface area contributed by atoms with Gasteiger partial charge in [-0.25, -0.2) is 4.79 Å². The van der Waals surface area contributed by atoms with Gasteiger partial charge in [-0.15, -0.1) is 10.2 Å². The third-order valence-electron chi connectivity index (χ3n) is 4.26. The van der Waals surface area contributed by atoms with Crippen LogP contribution in [0.1, 0.15) is 44.9 Å². The quantitative estimate of drug-likeness (QED) is 0.874. The average Bonchev–Trinajstić information content (AvgIpc) is 2.99. The molecule has 0 aromatic carbocycles. The number of carbonyl (C=O) groups excluding carboxylic acids is 1. The lowest BCUT2D eigenvalue weighted by Gasteiger charge is -2.32.